The fourth-order valence-corrected chi connectivity index (χ4v) is 3.53. The Morgan fingerprint density at radius 1 is 1.24 bits per heavy atom. The molecule has 1 saturated heterocycles. The van der Waals surface area contributed by atoms with Gasteiger partial charge in [-0.25, -0.2) is 12.8 Å². The number of sulfonamides is 1. The van der Waals surface area contributed by atoms with E-state index in [-0.39, 0.29) is 6.04 Å². The van der Waals surface area contributed by atoms with E-state index in [9.17, 15) is 8.42 Å². The summed E-state index contributed by atoms with van der Waals surface area (Å²) in [6, 6.07) is 8.53. The molecule has 17 heavy (non-hydrogen) atoms. The molecule has 1 aromatic rings. The second-order valence-electron chi connectivity index (χ2n) is 4.15. The first-order chi connectivity index (χ1) is 8.01. The minimum Gasteiger partial charge on any atom is -0.215 e. The van der Waals surface area contributed by atoms with E-state index in [0.717, 1.165) is 0 Å². The lowest BCUT2D eigenvalue weighted by molar-refractivity contribution is 0.219. The van der Waals surface area contributed by atoms with E-state index in [4.69, 9.17) is 11.8 Å². The van der Waals surface area contributed by atoms with Gasteiger partial charge in [0.15, 0.2) is 0 Å². The van der Waals surface area contributed by atoms with Crippen LogP contribution in [0.25, 0.3) is 0 Å². The van der Waals surface area contributed by atoms with Gasteiger partial charge in [0.2, 0.25) is 10.0 Å². The molecule has 0 N–H and O–H groups in total. The average Bonchev–Trinajstić information content (AvgIpc) is 2.33. The highest BCUT2D eigenvalue weighted by Gasteiger charge is 2.31. The van der Waals surface area contributed by atoms with Crippen LogP contribution in [0.15, 0.2) is 35.2 Å². The van der Waals surface area contributed by atoms with Crippen molar-refractivity contribution >= 4 is 21.8 Å². The SMILES string of the molecule is C[C@H]1CN(S(=O)(=O)c2ccccc2)CCN1Cl. The second kappa shape index (κ2) is 4.94. The van der Waals surface area contributed by atoms with Gasteiger partial charge >= 0.3 is 0 Å². The summed E-state index contributed by atoms with van der Waals surface area (Å²) in [5.74, 6) is 0. The maximum atomic E-state index is 12.3. The van der Waals surface area contributed by atoms with Gasteiger partial charge in [0.05, 0.1) is 4.90 Å². The minimum absolute atomic E-state index is 0.0314. The summed E-state index contributed by atoms with van der Waals surface area (Å²) in [5, 5.41) is 0. The van der Waals surface area contributed by atoms with E-state index in [1.165, 1.54) is 4.31 Å². The predicted octanol–water partition coefficient (Wildman–Crippen LogP) is 1.54. The third kappa shape index (κ3) is 2.63. The maximum absolute atomic E-state index is 12.3. The van der Waals surface area contributed by atoms with Crippen molar-refractivity contribution in [2.45, 2.75) is 17.9 Å². The smallest absolute Gasteiger partial charge is 0.215 e. The Hall–Kier alpha value is -0.620. The number of halogens is 1. The molecule has 1 fully saturated rings. The Bertz CT molecular complexity index is 478. The van der Waals surface area contributed by atoms with Gasteiger partial charge in [0, 0.05) is 25.7 Å². The quantitative estimate of drug-likeness (QED) is 0.768. The Balaban J connectivity index is 2.23. The van der Waals surface area contributed by atoms with Crippen molar-refractivity contribution in [3.63, 3.8) is 0 Å². The van der Waals surface area contributed by atoms with Crippen LogP contribution >= 0.6 is 11.8 Å². The first kappa shape index (κ1) is 12.8. The maximum Gasteiger partial charge on any atom is 0.243 e. The van der Waals surface area contributed by atoms with Crippen molar-refractivity contribution in [2.24, 2.45) is 0 Å². The fourth-order valence-electron chi connectivity index (χ4n) is 1.86. The molecule has 1 aliphatic heterocycles. The zero-order chi connectivity index (χ0) is 12.5. The van der Waals surface area contributed by atoms with E-state index in [1.807, 2.05) is 6.92 Å². The zero-order valence-electron chi connectivity index (χ0n) is 9.58. The highest BCUT2D eigenvalue weighted by molar-refractivity contribution is 7.89. The van der Waals surface area contributed by atoms with Crippen LogP contribution in [0.2, 0.25) is 0 Å². The molecule has 4 nitrogen and oxygen atoms in total. The topological polar surface area (TPSA) is 40.6 Å². The summed E-state index contributed by atoms with van der Waals surface area (Å²) < 4.78 is 27.7. The van der Waals surface area contributed by atoms with Crippen LogP contribution in [0, 0.1) is 0 Å². The summed E-state index contributed by atoms with van der Waals surface area (Å²) in [6.45, 7) is 3.33. The Kier molecular flexibility index (Phi) is 3.73. The van der Waals surface area contributed by atoms with Crippen LogP contribution in [-0.2, 0) is 10.0 Å². The number of hydrogen-bond donors (Lipinski definition) is 0. The molecule has 6 heteroatoms. The van der Waals surface area contributed by atoms with Gasteiger partial charge in [0.25, 0.3) is 0 Å². The lowest BCUT2D eigenvalue weighted by Crippen LogP contribution is -2.50. The van der Waals surface area contributed by atoms with Crippen molar-refractivity contribution in [2.75, 3.05) is 19.6 Å². The summed E-state index contributed by atoms with van der Waals surface area (Å²) in [5.41, 5.74) is 0. The lowest BCUT2D eigenvalue weighted by Gasteiger charge is -2.34. The molecular weight excluding hydrogens is 260 g/mol. The molecule has 0 radical (unpaired) electrons. The van der Waals surface area contributed by atoms with Gasteiger partial charge in [-0.1, -0.05) is 18.2 Å². The van der Waals surface area contributed by atoms with Crippen molar-refractivity contribution in [1.29, 1.82) is 0 Å². The third-order valence-electron chi connectivity index (χ3n) is 2.89. The van der Waals surface area contributed by atoms with Crippen LogP contribution in [0.1, 0.15) is 6.92 Å². The van der Waals surface area contributed by atoms with Crippen LogP contribution in [0.5, 0.6) is 0 Å². The average molecular weight is 275 g/mol. The van der Waals surface area contributed by atoms with Crippen LogP contribution in [0.3, 0.4) is 0 Å². The van der Waals surface area contributed by atoms with Gasteiger partial charge in [-0.15, -0.1) is 0 Å². The molecule has 1 atom stereocenters. The van der Waals surface area contributed by atoms with Gasteiger partial charge in [-0.2, -0.15) is 4.31 Å². The van der Waals surface area contributed by atoms with Crippen LogP contribution in [-0.4, -0.2) is 42.8 Å². The lowest BCUT2D eigenvalue weighted by atomic mass is 10.3. The first-order valence-electron chi connectivity index (χ1n) is 5.49. The molecular formula is C11H15ClN2O2S. The van der Waals surface area contributed by atoms with Crippen molar-refractivity contribution in [3.05, 3.63) is 30.3 Å². The predicted molar refractivity (Wildman–Crippen MR) is 67.2 cm³/mol. The summed E-state index contributed by atoms with van der Waals surface area (Å²) in [4.78, 5) is 0.343. The summed E-state index contributed by atoms with van der Waals surface area (Å²) in [6.07, 6.45) is 0. The van der Waals surface area contributed by atoms with Crippen molar-refractivity contribution in [3.8, 4) is 0 Å². The van der Waals surface area contributed by atoms with Crippen LogP contribution < -0.4 is 0 Å². The van der Waals surface area contributed by atoms with E-state index < -0.39 is 10.0 Å². The van der Waals surface area contributed by atoms with Crippen molar-refractivity contribution in [1.82, 2.24) is 8.72 Å². The standard InChI is InChI=1S/C11H15ClN2O2S/c1-10-9-13(7-8-14(10)12)17(15,16)11-5-3-2-4-6-11/h2-6,10H,7-9H2,1H3/t10-/m0/s1. The van der Waals surface area contributed by atoms with E-state index in [1.54, 1.807) is 34.8 Å². The molecule has 0 aromatic heterocycles. The Morgan fingerprint density at radius 2 is 1.88 bits per heavy atom. The molecule has 94 valence electrons. The molecule has 0 amide bonds. The molecule has 0 bridgehead atoms. The van der Waals surface area contributed by atoms with Gasteiger partial charge in [0.1, 0.15) is 0 Å². The summed E-state index contributed by atoms with van der Waals surface area (Å²) >= 11 is 5.94. The highest BCUT2D eigenvalue weighted by atomic mass is 35.5. The number of hydrogen-bond acceptors (Lipinski definition) is 3. The van der Waals surface area contributed by atoms with Crippen molar-refractivity contribution < 1.29 is 8.42 Å². The Labute approximate surface area is 107 Å². The van der Waals surface area contributed by atoms with E-state index >= 15 is 0 Å². The molecule has 1 heterocycles. The largest absolute Gasteiger partial charge is 0.243 e. The Morgan fingerprint density at radius 3 is 2.47 bits per heavy atom. The van der Waals surface area contributed by atoms with Gasteiger partial charge in [-0.05, 0) is 30.8 Å². The molecule has 0 unspecified atom stereocenters. The number of rotatable bonds is 2. The molecule has 0 spiro atoms. The monoisotopic (exact) mass is 274 g/mol. The van der Waals surface area contributed by atoms with Crippen LogP contribution in [0.4, 0.5) is 0 Å². The minimum atomic E-state index is -3.37. The highest BCUT2D eigenvalue weighted by Crippen LogP contribution is 2.20. The second-order valence-corrected chi connectivity index (χ2v) is 6.52. The van der Waals surface area contributed by atoms with E-state index in [2.05, 4.69) is 0 Å². The molecule has 0 aliphatic carbocycles. The van der Waals surface area contributed by atoms with Gasteiger partial charge in [-0.3, -0.25) is 0 Å². The summed E-state index contributed by atoms with van der Waals surface area (Å²) in [7, 11) is -3.37. The zero-order valence-corrected chi connectivity index (χ0v) is 11.2. The number of benzene rings is 1. The molecule has 0 saturated carbocycles. The van der Waals surface area contributed by atoms with Gasteiger partial charge < -0.3 is 0 Å². The fraction of sp³-hybridized carbons (Fsp3) is 0.455. The molecule has 1 aliphatic rings. The number of piperazine rings is 1. The third-order valence-corrected chi connectivity index (χ3v) is 5.27. The normalized spacial score (nSPS) is 23.8. The molecule has 2 rings (SSSR count). The number of nitrogens with zero attached hydrogens (tertiary/aromatic N) is 2. The molecule has 1 aromatic carbocycles. The first-order valence-corrected chi connectivity index (χ1v) is 7.27. The van der Waals surface area contributed by atoms with E-state index in [0.29, 0.717) is 24.5 Å².